The summed E-state index contributed by atoms with van der Waals surface area (Å²) in [5.74, 6) is 0. The van der Waals surface area contributed by atoms with Crippen molar-refractivity contribution in [3.05, 3.63) is 64.1 Å². The minimum atomic E-state index is 0.135. The Morgan fingerprint density at radius 2 is 1.90 bits per heavy atom. The van der Waals surface area contributed by atoms with Gasteiger partial charge in [-0.2, -0.15) is 0 Å². The van der Waals surface area contributed by atoms with Gasteiger partial charge in [0.25, 0.3) is 0 Å². The van der Waals surface area contributed by atoms with Crippen LogP contribution in [0.5, 0.6) is 0 Å². The molecule has 0 radical (unpaired) electrons. The fourth-order valence-electron chi connectivity index (χ4n) is 1.99. The van der Waals surface area contributed by atoms with Crippen LogP contribution in [0.3, 0.4) is 0 Å². The van der Waals surface area contributed by atoms with Crippen LogP contribution in [0.2, 0.25) is 0 Å². The third-order valence-corrected chi connectivity index (χ3v) is 3.94. The van der Waals surface area contributed by atoms with E-state index in [9.17, 15) is 0 Å². The largest absolute Gasteiger partial charge is 0.356 e. The first-order valence-corrected chi connectivity index (χ1v) is 7.65. The molecule has 0 aromatic heterocycles. The maximum Gasteiger partial charge on any atom is 0.171 e. The van der Waals surface area contributed by atoms with Crippen LogP contribution in [-0.2, 0) is 0 Å². The zero-order valence-corrected chi connectivity index (χ0v) is 13.9. The highest BCUT2D eigenvalue weighted by Crippen LogP contribution is 2.22. The molecule has 1 atom stereocenters. The molecule has 2 aromatic carbocycles. The third kappa shape index (κ3) is 4.05. The maximum atomic E-state index is 5.36. The van der Waals surface area contributed by atoms with Crippen LogP contribution >= 0.6 is 28.1 Å². The second-order valence-corrected chi connectivity index (χ2v) is 5.97. The molecule has 0 saturated heterocycles. The fraction of sp³-hybridized carbons (Fsp3) is 0.188. The van der Waals surface area contributed by atoms with Crippen molar-refractivity contribution in [3.63, 3.8) is 0 Å². The molecule has 0 aliphatic rings. The topological polar surface area (TPSA) is 24.1 Å². The summed E-state index contributed by atoms with van der Waals surface area (Å²) in [5.41, 5.74) is 3.39. The Morgan fingerprint density at radius 3 is 2.60 bits per heavy atom. The summed E-state index contributed by atoms with van der Waals surface area (Å²) in [6.45, 7) is 4.15. The van der Waals surface area contributed by atoms with Gasteiger partial charge < -0.3 is 10.6 Å². The molecule has 0 aliphatic carbocycles. The van der Waals surface area contributed by atoms with Crippen molar-refractivity contribution < 1.29 is 0 Å². The first kappa shape index (κ1) is 15.0. The van der Waals surface area contributed by atoms with E-state index in [4.69, 9.17) is 12.2 Å². The molecule has 0 aliphatic heterocycles. The SMILES string of the molecule is Cc1cccc(NC(=S)N[C@H](C)c2ccccc2Br)c1. The number of anilines is 1. The summed E-state index contributed by atoms with van der Waals surface area (Å²) in [4.78, 5) is 0. The van der Waals surface area contributed by atoms with Gasteiger partial charge in [0.05, 0.1) is 6.04 Å². The quantitative estimate of drug-likeness (QED) is 0.778. The number of hydrogen-bond acceptors (Lipinski definition) is 1. The van der Waals surface area contributed by atoms with Crippen LogP contribution < -0.4 is 10.6 Å². The molecule has 0 bridgehead atoms. The highest BCUT2D eigenvalue weighted by molar-refractivity contribution is 9.10. The van der Waals surface area contributed by atoms with Crippen molar-refractivity contribution in [1.29, 1.82) is 0 Å². The standard InChI is InChI=1S/C16H17BrN2S/c1-11-6-5-7-13(10-11)19-16(20)18-12(2)14-8-3-4-9-15(14)17/h3-10,12H,1-2H3,(H2,18,19,20)/t12-/m1/s1. The van der Waals surface area contributed by atoms with Gasteiger partial charge >= 0.3 is 0 Å². The van der Waals surface area contributed by atoms with Gasteiger partial charge in [-0.3, -0.25) is 0 Å². The van der Waals surface area contributed by atoms with E-state index in [-0.39, 0.29) is 6.04 Å². The summed E-state index contributed by atoms with van der Waals surface area (Å²) in [7, 11) is 0. The molecular weight excluding hydrogens is 332 g/mol. The van der Waals surface area contributed by atoms with Crippen molar-refractivity contribution in [2.75, 3.05) is 5.32 Å². The lowest BCUT2D eigenvalue weighted by Crippen LogP contribution is -2.31. The smallest absolute Gasteiger partial charge is 0.171 e. The molecule has 0 heterocycles. The minimum absolute atomic E-state index is 0.135. The average molecular weight is 349 g/mol. The Balaban J connectivity index is 2.00. The lowest BCUT2D eigenvalue weighted by molar-refractivity contribution is 0.719. The Morgan fingerprint density at radius 1 is 1.15 bits per heavy atom. The monoisotopic (exact) mass is 348 g/mol. The fourth-order valence-corrected chi connectivity index (χ4v) is 2.91. The Kier molecular flexibility index (Phi) is 5.15. The lowest BCUT2D eigenvalue weighted by atomic mass is 10.1. The van der Waals surface area contributed by atoms with Crippen molar-refractivity contribution in [2.24, 2.45) is 0 Å². The zero-order valence-electron chi connectivity index (χ0n) is 11.5. The van der Waals surface area contributed by atoms with Gasteiger partial charge in [0.1, 0.15) is 0 Å². The number of halogens is 1. The van der Waals surface area contributed by atoms with E-state index < -0.39 is 0 Å². The van der Waals surface area contributed by atoms with Gasteiger partial charge in [0.15, 0.2) is 5.11 Å². The normalized spacial score (nSPS) is 11.8. The van der Waals surface area contributed by atoms with Crippen molar-refractivity contribution in [1.82, 2.24) is 5.32 Å². The van der Waals surface area contributed by atoms with Crippen LogP contribution in [0, 0.1) is 6.92 Å². The molecule has 0 fully saturated rings. The van der Waals surface area contributed by atoms with Gasteiger partial charge in [-0.05, 0) is 55.4 Å². The number of benzene rings is 2. The minimum Gasteiger partial charge on any atom is -0.356 e. The summed E-state index contributed by atoms with van der Waals surface area (Å²) < 4.78 is 1.08. The van der Waals surface area contributed by atoms with E-state index in [0.717, 1.165) is 10.2 Å². The molecule has 104 valence electrons. The second kappa shape index (κ2) is 6.86. The molecule has 0 unspecified atom stereocenters. The molecule has 0 amide bonds. The van der Waals surface area contributed by atoms with Gasteiger partial charge in [0, 0.05) is 10.2 Å². The molecular formula is C16H17BrN2S. The highest BCUT2D eigenvalue weighted by Gasteiger charge is 2.09. The summed E-state index contributed by atoms with van der Waals surface area (Å²) in [5, 5.41) is 7.13. The van der Waals surface area contributed by atoms with E-state index in [2.05, 4.69) is 58.6 Å². The van der Waals surface area contributed by atoms with E-state index >= 15 is 0 Å². The van der Waals surface area contributed by atoms with E-state index in [1.54, 1.807) is 0 Å². The Bertz CT molecular complexity index is 613. The number of aryl methyl sites for hydroxylation is 1. The highest BCUT2D eigenvalue weighted by atomic mass is 79.9. The number of hydrogen-bond donors (Lipinski definition) is 2. The third-order valence-electron chi connectivity index (χ3n) is 3.00. The van der Waals surface area contributed by atoms with Gasteiger partial charge in [-0.15, -0.1) is 0 Å². The van der Waals surface area contributed by atoms with E-state index in [0.29, 0.717) is 5.11 Å². The molecule has 2 rings (SSSR count). The summed E-state index contributed by atoms with van der Waals surface area (Å²) >= 11 is 8.92. The van der Waals surface area contributed by atoms with Crippen LogP contribution in [0.15, 0.2) is 53.0 Å². The van der Waals surface area contributed by atoms with Crippen LogP contribution in [0.1, 0.15) is 24.1 Å². The zero-order chi connectivity index (χ0) is 14.5. The van der Waals surface area contributed by atoms with Crippen molar-refractivity contribution in [2.45, 2.75) is 19.9 Å². The molecule has 0 spiro atoms. The lowest BCUT2D eigenvalue weighted by Gasteiger charge is -2.18. The number of nitrogens with one attached hydrogen (secondary N) is 2. The van der Waals surface area contributed by atoms with Crippen molar-refractivity contribution >= 4 is 38.9 Å². The predicted molar refractivity (Wildman–Crippen MR) is 93.1 cm³/mol. The summed E-state index contributed by atoms with van der Waals surface area (Å²) in [6.07, 6.45) is 0. The van der Waals surface area contributed by atoms with Crippen LogP contribution in [0.25, 0.3) is 0 Å². The maximum absolute atomic E-state index is 5.36. The first-order chi connectivity index (χ1) is 9.56. The van der Waals surface area contributed by atoms with Crippen molar-refractivity contribution in [3.8, 4) is 0 Å². The van der Waals surface area contributed by atoms with Gasteiger partial charge in [0.2, 0.25) is 0 Å². The van der Waals surface area contributed by atoms with Crippen LogP contribution in [0.4, 0.5) is 5.69 Å². The number of thiocarbonyl (C=S) groups is 1. The second-order valence-electron chi connectivity index (χ2n) is 4.71. The first-order valence-electron chi connectivity index (χ1n) is 6.45. The molecule has 4 heteroatoms. The average Bonchev–Trinajstić information content (AvgIpc) is 2.38. The molecule has 2 N–H and O–H groups in total. The summed E-state index contributed by atoms with van der Waals surface area (Å²) in [6, 6.07) is 16.4. The molecule has 2 nitrogen and oxygen atoms in total. The molecule has 0 saturated carbocycles. The number of rotatable bonds is 3. The van der Waals surface area contributed by atoms with E-state index in [1.165, 1.54) is 11.1 Å². The Hall–Kier alpha value is -1.39. The van der Waals surface area contributed by atoms with Gasteiger partial charge in [-0.1, -0.05) is 46.3 Å². The van der Waals surface area contributed by atoms with Gasteiger partial charge in [-0.25, -0.2) is 0 Å². The Labute approximate surface area is 133 Å². The van der Waals surface area contributed by atoms with E-state index in [1.807, 2.05) is 30.3 Å². The predicted octanol–water partition coefficient (Wildman–Crippen LogP) is 4.81. The van der Waals surface area contributed by atoms with Crippen LogP contribution in [-0.4, -0.2) is 5.11 Å². The molecule has 20 heavy (non-hydrogen) atoms. The molecule has 2 aromatic rings.